The van der Waals surface area contributed by atoms with E-state index in [4.69, 9.17) is 4.74 Å². The first-order chi connectivity index (χ1) is 8.27. The molecule has 1 N–H and O–H groups in total. The Kier molecular flexibility index (Phi) is 6.90. The molecular weight excluding hydrogens is 212 g/mol. The van der Waals surface area contributed by atoms with Crippen molar-refractivity contribution in [1.29, 1.82) is 0 Å². The van der Waals surface area contributed by atoms with Crippen molar-refractivity contribution in [2.24, 2.45) is 0 Å². The standard InChI is InChI=1S/C15H24O2/c1-3-6-13-8-10-14(11-9-13)15(16)7-5-12-17-4-2/h8-11,15-16H,3-7,12H2,1-2H3. The summed E-state index contributed by atoms with van der Waals surface area (Å²) in [5.41, 5.74) is 2.36. The van der Waals surface area contributed by atoms with Crippen molar-refractivity contribution in [2.45, 2.75) is 45.6 Å². The normalized spacial score (nSPS) is 12.6. The number of ether oxygens (including phenoxy) is 1. The lowest BCUT2D eigenvalue weighted by molar-refractivity contribution is 0.114. The number of hydrogen-bond acceptors (Lipinski definition) is 2. The largest absolute Gasteiger partial charge is 0.388 e. The molecule has 0 amide bonds. The van der Waals surface area contributed by atoms with E-state index >= 15 is 0 Å². The Balaban J connectivity index is 2.37. The Hall–Kier alpha value is -0.860. The van der Waals surface area contributed by atoms with Crippen LogP contribution in [0.1, 0.15) is 50.3 Å². The van der Waals surface area contributed by atoms with E-state index in [0.29, 0.717) is 0 Å². The van der Waals surface area contributed by atoms with Crippen LogP contribution in [0.5, 0.6) is 0 Å². The summed E-state index contributed by atoms with van der Waals surface area (Å²) >= 11 is 0. The van der Waals surface area contributed by atoms with Crippen molar-refractivity contribution in [1.82, 2.24) is 0 Å². The maximum Gasteiger partial charge on any atom is 0.0790 e. The second-order valence-corrected chi connectivity index (χ2v) is 4.35. The smallest absolute Gasteiger partial charge is 0.0790 e. The summed E-state index contributed by atoms with van der Waals surface area (Å²) in [6.45, 7) is 5.66. The van der Waals surface area contributed by atoms with Crippen LogP contribution < -0.4 is 0 Å². The second kappa shape index (κ2) is 8.26. The first kappa shape index (κ1) is 14.2. The molecule has 0 fully saturated rings. The molecule has 17 heavy (non-hydrogen) atoms. The SMILES string of the molecule is CCCc1ccc(C(O)CCCOCC)cc1. The molecular formula is C15H24O2. The molecule has 0 heterocycles. The lowest BCUT2D eigenvalue weighted by Gasteiger charge is -2.11. The van der Waals surface area contributed by atoms with E-state index in [1.165, 1.54) is 5.56 Å². The average Bonchev–Trinajstić information content (AvgIpc) is 2.36. The van der Waals surface area contributed by atoms with Gasteiger partial charge in [-0.15, -0.1) is 0 Å². The molecule has 0 saturated carbocycles. The number of aliphatic hydroxyl groups excluding tert-OH is 1. The summed E-state index contributed by atoms with van der Waals surface area (Å²) in [6, 6.07) is 8.31. The van der Waals surface area contributed by atoms with Crippen LogP contribution in [0.3, 0.4) is 0 Å². The van der Waals surface area contributed by atoms with Crippen LogP contribution in [0.15, 0.2) is 24.3 Å². The third-order valence-electron chi connectivity index (χ3n) is 2.87. The number of benzene rings is 1. The zero-order chi connectivity index (χ0) is 12.5. The Morgan fingerprint density at radius 3 is 2.47 bits per heavy atom. The molecule has 1 rings (SSSR count). The number of rotatable bonds is 8. The van der Waals surface area contributed by atoms with E-state index in [-0.39, 0.29) is 6.10 Å². The second-order valence-electron chi connectivity index (χ2n) is 4.35. The van der Waals surface area contributed by atoms with E-state index in [0.717, 1.165) is 44.5 Å². The van der Waals surface area contributed by atoms with Crippen molar-refractivity contribution in [3.63, 3.8) is 0 Å². The Bertz CT molecular complexity index is 292. The van der Waals surface area contributed by atoms with Crippen molar-refractivity contribution in [2.75, 3.05) is 13.2 Å². The summed E-state index contributed by atoms with van der Waals surface area (Å²) in [4.78, 5) is 0. The van der Waals surface area contributed by atoms with Gasteiger partial charge in [-0.05, 0) is 37.3 Å². The zero-order valence-corrected chi connectivity index (χ0v) is 11.0. The Morgan fingerprint density at radius 1 is 1.18 bits per heavy atom. The number of aryl methyl sites for hydroxylation is 1. The van der Waals surface area contributed by atoms with E-state index < -0.39 is 0 Å². The fourth-order valence-electron chi connectivity index (χ4n) is 1.88. The van der Waals surface area contributed by atoms with Gasteiger partial charge in [0.1, 0.15) is 0 Å². The first-order valence-corrected chi connectivity index (χ1v) is 6.62. The van der Waals surface area contributed by atoms with Gasteiger partial charge in [0.25, 0.3) is 0 Å². The Labute approximate surface area is 105 Å². The van der Waals surface area contributed by atoms with Gasteiger partial charge < -0.3 is 9.84 Å². The monoisotopic (exact) mass is 236 g/mol. The Morgan fingerprint density at radius 2 is 1.88 bits per heavy atom. The van der Waals surface area contributed by atoms with Crippen LogP contribution >= 0.6 is 0 Å². The molecule has 1 atom stereocenters. The molecule has 2 heteroatoms. The molecule has 1 unspecified atom stereocenters. The molecule has 0 aliphatic rings. The van der Waals surface area contributed by atoms with E-state index in [1.54, 1.807) is 0 Å². The van der Waals surface area contributed by atoms with Gasteiger partial charge in [-0.25, -0.2) is 0 Å². The molecule has 2 nitrogen and oxygen atoms in total. The summed E-state index contributed by atoms with van der Waals surface area (Å²) in [7, 11) is 0. The maximum atomic E-state index is 9.99. The molecule has 0 aromatic heterocycles. The van der Waals surface area contributed by atoms with Gasteiger partial charge in [0.15, 0.2) is 0 Å². The fraction of sp³-hybridized carbons (Fsp3) is 0.600. The van der Waals surface area contributed by atoms with Gasteiger partial charge in [0, 0.05) is 13.2 Å². The molecule has 0 aliphatic heterocycles. The summed E-state index contributed by atoms with van der Waals surface area (Å²) in [5, 5.41) is 9.99. The van der Waals surface area contributed by atoms with Gasteiger partial charge >= 0.3 is 0 Å². The van der Waals surface area contributed by atoms with Gasteiger partial charge in [-0.2, -0.15) is 0 Å². The fourth-order valence-corrected chi connectivity index (χ4v) is 1.88. The molecule has 0 aliphatic carbocycles. The summed E-state index contributed by atoms with van der Waals surface area (Å²) in [5.74, 6) is 0. The van der Waals surface area contributed by atoms with Crippen LogP contribution in [-0.2, 0) is 11.2 Å². The molecule has 1 aromatic rings. The van der Waals surface area contributed by atoms with Crippen molar-refractivity contribution in [3.8, 4) is 0 Å². The van der Waals surface area contributed by atoms with E-state index in [1.807, 2.05) is 19.1 Å². The van der Waals surface area contributed by atoms with Crippen LogP contribution in [0.4, 0.5) is 0 Å². The summed E-state index contributed by atoms with van der Waals surface area (Å²) in [6.07, 6.45) is 3.60. The third-order valence-corrected chi connectivity index (χ3v) is 2.87. The summed E-state index contributed by atoms with van der Waals surface area (Å²) < 4.78 is 5.26. The molecule has 0 saturated heterocycles. The minimum atomic E-state index is -0.355. The highest BCUT2D eigenvalue weighted by atomic mass is 16.5. The number of aliphatic hydroxyl groups is 1. The lowest BCUT2D eigenvalue weighted by atomic mass is 10.0. The minimum Gasteiger partial charge on any atom is -0.388 e. The quantitative estimate of drug-likeness (QED) is 0.700. The molecule has 1 aromatic carbocycles. The highest BCUT2D eigenvalue weighted by Gasteiger charge is 2.06. The molecule has 96 valence electrons. The van der Waals surface area contributed by atoms with Crippen molar-refractivity contribution >= 4 is 0 Å². The van der Waals surface area contributed by atoms with E-state index in [9.17, 15) is 5.11 Å². The molecule has 0 bridgehead atoms. The van der Waals surface area contributed by atoms with Gasteiger partial charge in [0.05, 0.1) is 6.10 Å². The zero-order valence-electron chi connectivity index (χ0n) is 11.0. The van der Waals surface area contributed by atoms with Crippen molar-refractivity contribution in [3.05, 3.63) is 35.4 Å². The minimum absolute atomic E-state index is 0.355. The predicted octanol–water partition coefficient (Wildman–Crippen LogP) is 3.49. The maximum absolute atomic E-state index is 9.99. The van der Waals surface area contributed by atoms with Crippen LogP contribution in [0, 0.1) is 0 Å². The van der Waals surface area contributed by atoms with Gasteiger partial charge in [-0.3, -0.25) is 0 Å². The van der Waals surface area contributed by atoms with Crippen LogP contribution in [0.25, 0.3) is 0 Å². The van der Waals surface area contributed by atoms with E-state index in [2.05, 4.69) is 19.1 Å². The third kappa shape index (κ3) is 5.33. The van der Waals surface area contributed by atoms with Gasteiger partial charge in [-0.1, -0.05) is 37.6 Å². The predicted molar refractivity (Wildman–Crippen MR) is 71.1 cm³/mol. The molecule has 0 spiro atoms. The van der Waals surface area contributed by atoms with Gasteiger partial charge in [0.2, 0.25) is 0 Å². The average molecular weight is 236 g/mol. The first-order valence-electron chi connectivity index (χ1n) is 6.62. The van der Waals surface area contributed by atoms with Crippen molar-refractivity contribution < 1.29 is 9.84 Å². The highest BCUT2D eigenvalue weighted by Crippen LogP contribution is 2.19. The topological polar surface area (TPSA) is 29.5 Å². The van der Waals surface area contributed by atoms with Crippen LogP contribution in [-0.4, -0.2) is 18.3 Å². The van der Waals surface area contributed by atoms with Crippen LogP contribution in [0.2, 0.25) is 0 Å². The number of hydrogen-bond donors (Lipinski definition) is 1. The highest BCUT2D eigenvalue weighted by molar-refractivity contribution is 5.24. The molecule has 0 radical (unpaired) electrons. The lowest BCUT2D eigenvalue weighted by Crippen LogP contribution is -2.01.